The van der Waals surface area contributed by atoms with Crippen molar-refractivity contribution < 1.29 is 4.79 Å². The molecule has 0 spiro atoms. The minimum absolute atomic E-state index is 0.259. The third-order valence-electron chi connectivity index (χ3n) is 2.22. The Morgan fingerprint density at radius 3 is 2.78 bits per heavy atom. The van der Waals surface area contributed by atoms with Gasteiger partial charge in [0, 0.05) is 16.4 Å². The summed E-state index contributed by atoms with van der Waals surface area (Å²) in [6.45, 7) is 0. The van der Waals surface area contributed by atoms with Gasteiger partial charge >= 0.3 is 0 Å². The number of carbonyl (C=O) groups is 1. The lowest BCUT2D eigenvalue weighted by atomic mass is 10.2. The minimum Gasteiger partial charge on any atom is -0.322 e. The Kier molecular flexibility index (Phi) is 3.70. The summed E-state index contributed by atoms with van der Waals surface area (Å²) in [7, 11) is 0. The van der Waals surface area contributed by atoms with Crippen LogP contribution >= 0.6 is 15.9 Å². The van der Waals surface area contributed by atoms with Crippen LogP contribution in [-0.2, 0) is 0 Å². The van der Waals surface area contributed by atoms with Gasteiger partial charge in [-0.3, -0.25) is 4.79 Å². The zero-order chi connectivity index (χ0) is 13.0. The lowest BCUT2D eigenvalue weighted by molar-refractivity contribution is 0.102. The largest absolute Gasteiger partial charge is 0.322 e. The number of nitrogens with one attached hydrogen (secondary N) is 1. The maximum Gasteiger partial charge on any atom is 0.257 e. The van der Waals surface area contributed by atoms with Gasteiger partial charge in [-0.15, -0.1) is 0 Å². The van der Waals surface area contributed by atoms with E-state index in [1.165, 1.54) is 12.3 Å². The summed E-state index contributed by atoms with van der Waals surface area (Å²) >= 11 is 3.33. The van der Waals surface area contributed by atoms with Gasteiger partial charge in [0.2, 0.25) is 0 Å². The van der Waals surface area contributed by atoms with Crippen LogP contribution in [0, 0.1) is 11.3 Å². The zero-order valence-corrected chi connectivity index (χ0v) is 10.8. The molecule has 0 aliphatic carbocycles. The van der Waals surface area contributed by atoms with E-state index in [0.29, 0.717) is 11.3 Å². The summed E-state index contributed by atoms with van der Waals surface area (Å²) in [6.07, 6.45) is 1.38. The second kappa shape index (κ2) is 5.43. The molecule has 2 rings (SSSR count). The van der Waals surface area contributed by atoms with Crippen LogP contribution in [0.5, 0.6) is 0 Å². The maximum atomic E-state index is 11.9. The molecule has 0 aliphatic rings. The predicted molar refractivity (Wildman–Crippen MR) is 71.0 cm³/mol. The van der Waals surface area contributed by atoms with E-state index >= 15 is 0 Å². The number of halogens is 1. The standard InChI is InChI=1S/C13H8BrN3O/c14-10-2-1-3-11(6-10)17-13(18)9-4-5-12(7-15)16-8-9/h1-6,8H,(H,17,18). The molecular formula is C13H8BrN3O. The van der Waals surface area contributed by atoms with E-state index in [4.69, 9.17) is 5.26 Å². The molecule has 0 saturated heterocycles. The number of hydrogen-bond acceptors (Lipinski definition) is 3. The van der Waals surface area contributed by atoms with Crippen LogP contribution in [0.2, 0.25) is 0 Å². The summed E-state index contributed by atoms with van der Waals surface area (Å²) in [6, 6.07) is 12.3. The Morgan fingerprint density at radius 2 is 2.17 bits per heavy atom. The van der Waals surface area contributed by atoms with Gasteiger partial charge in [0.15, 0.2) is 0 Å². The number of hydrogen-bond donors (Lipinski definition) is 1. The van der Waals surface area contributed by atoms with Crippen molar-refractivity contribution in [1.29, 1.82) is 5.26 Å². The maximum absolute atomic E-state index is 11.9. The Morgan fingerprint density at radius 1 is 1.33 bits per heavy atom. The molecule has 1 N–H and O–H groups in total. The molecule has 0 bridgehead atoms. The average molecular weight is 302 g/mol. The van der Waals surface area contributed by atoms with E-state index in [0.717, 1.165) is 4.47 Å². The first kappa shape index (κ1) is 12.3. The number of aromatic nitrogens is 1. The molecule has 0 saturated carbocycles. The van der Waals surface area contributed by atoms with Crippen molar-refractivity contribution in [3.05, 3.63) is 58.3 Å². The van der Waals surface area contributed by atoms with Gasteiger partial charge in [-0.05, 0) is 30.3 Å². The fraction of sp³-hybridized carbons (Fsp3) is 0. The van der Waals surface area contributed by atoms with Crippen molar-refractivity contribution in [2.45, 2.75) is 0 Å². The van der Waals surface area contributed by atoms with Crippen molar-refractivity contribution in [1.82, 2.24) is 4.98 Å². The van der Waals surface area contributed by atoms with E-state index in [9.17, 15) is 4.79 Å². The lowest BCUT2D eigenvalue weighted by Crippen LogP contribution is -2.12. The molecule has 1 aromatic heterocycles. The highest BCUT2D eigenvalue weighted by Crippen LogP contribution is 2.16. The highest BCUT2D eigenvalue weighted by molar-refractivity contribution is 9.10. The van der Waals surface area contributed by atoms with Gasteiger partial charge in [0.05, 0.1) is 5.56 Å². The van der Waals surface area contributed by atoms with Gasteiger partial charge in [0.1, 0.15) is 11.8 Å². The molecular weight excluding hydrogens is 294 g/mol. The number of carbonyl (C=O) groups excluding carboxylic acids is 1. The molecule has 4 nitrogen and oxygen atoms in total. The zero-order valence-electron chi connectivity index (χ0n) is 9.22. The summed E-state index contributed by atoms with van der Waals surface area (Å²) in [5, 5.41) is 11.4. The quantitative estimate of drug-likeness (QED) is 0.927. The highest BCUT2D eigenvalue weighted by atomic mass is 79.9. The van der Waals surface area contributed by atoms with E-state index in [1.807, 2.05) is 18.2 Å². The first-order valence-electron chi connectivity index (χ1n) is 5.12. The van der Waals surface area contributed by atoms with E-state index < -0.39 is 0 Å². The highest BCUT2D eigenvalue weighted by Gasteiger charge is 2.06. The van der Waals surface area contributed by atoms with Crippen molar-refractivity contribution in [2.24, 2.45) is 0 Å². The molecule has 0 fully saturated rings. The number of pyridine rings is 1. The van der Waals surface area contributed by atoms with Crippen molar-refractivity contribution in [2.75, 3.05) is 5.32 Å². The van der Waals surface area contributed by atoms with E-state index in [-0.39, 0.29) is 11.6 Å². The number of anilines is 1. The third-order valence-corrected chi connectivity index (χ3v) is 2.72. The third kappa shape index (κ3) is 2.93. The Labute approximate surface area is 112 Å². The van der Waals surface area contributed by atoms with E-state index in [2.05, 4.69) is 26.2 Å². The number of nitriles is 1. The van der Waals surface area contributed by atoms with Crippen molar-refractivity contribution in [3.8, 4) is 6.07 Å². The SMILES string of the molecule is N#Cc1ccc(C(=O)Nc2cccc(Br)c2)cn1. The smallest absolute Gasteiger partial charge is 0.257 e. The molecule has 2 aromatic rings. The van der Waals surface area contributed by atoms with Crippen LogP contribution in [0.15, 0.2) is 47.1 Å². The lowest BCUT2D eigenvalue weighted by Gasteiger charge is -2.05. The van der Waals surface area contributed by atoms with Crippen LogP contribution in [0.25, 0.3) is 0 Å². The second-order valence-corrected chi connectivity index (χ2v) is 4.42. The summed E-state index contributed by atoms with van der Waals surface area (Å²) in [5.41, 5.74) is 1.39. The van der Waals surface area contributed by atoms with Crippen LogP contribution < -0.4 is 5.32 Å². The number of benzene rings is 1. The van der Waals surface area contributed by atoms with Gasteiger partial charge in [-0.2, -0.15) is 5.26 Å². The number of nitrogens with zero attached hydrogens (tertiary/aromatic N) is 2. The molecule has 1 aromatic carbocycles. The molecule has 0 unspecified atom stereocenters. The fourth-order valence-corrected chi connectivity index (χ4v) is 1.76. The van der Waals surface area contributed by atoms with Crippen LogP contribution in [0.1, 0.15) is 16.1 Å². The minimum atomic E-state index is -0.259. The van der Waals surface area contributed by atoms with Gasteiger partial charge in [-0.25, -0.2) is 4.98 Å². The van der Waals surface area contributed by atoms with Gasteiger partial charge < -0.3 is 5.32 Å². The van der Waals surface area contributed by atoms with Gasteiger partial charge in [-0.1, -0.05) is 22.0 Å². The molecule has 0 aliphatic heterocycles. The van der Waals surface area contributed by atoms with Crippen LogP contribution in [0.4, 0.5) is 5.69 Å². The van der Waals surface area contributed by atoms with Crippen LogP contribution in [0.3, 0.4) is 0 Å². The van der Waals surface area contributed by atoms with Crippen LogP contribution in [-0.4, -0.2) is 10.9 Å². The molecule has 0 radical (unpaired) electrons. The molecule has 88 valence electrons. The van der Waals surface area contributed by atoms with Gasteiger partial charge in [0.25, 0.3) is 5.91 Å². The summed E-state index contributed by atoms with van der Waals surface area (Å²) in [4.78, 5) is 15.7. The molecule has 1 heterocycles. The predicted octanol–water partition coefficient (Wildman–Crippen LogP) is 2.97. The Balaban J connectivity index is 2.14. The molecule has 1 amide bonds. The van der Waals surface area contributed by atoms with E-state index in [1.54, 1.807) is 18.2 Å². The normalized spacial score (nSPS) is 9.56. The topological polar surface area (TPSA) is 65.8 Å². The summed E-state index contributed by atoms with van der Waals surface area (Å²) in [5.74, 6) is -0.259. The first-order chi connectivity index (χ1) is 8.69. The Bertz CT molecular complexity index is 617. The monoisotopic (exact) mass is 301 g/mol. The second-order valence-electron chi connectivity index (χ2n) is 3.51. The number of rotatable bonds is 2. The Hall–Kier alpha value is -2.19. The average Bonchev–Trinajstić information content (AvgIpc) is 2.39. The molecule has 0 atom stereocenters. The van der Waals surface area contributed by atoms with Crippen molar-refractivity contribution >= 4 is 27.5 Å². The molecule has 18 heavy (non-hydrogen) atoms. The molecule has 5 heteroatoms. The van der Waals surface area contributed by atoms with Crippen molar-refractivity contribution in [3.63, 3.8) is 0 Å². The fourth-order valence-electron chi connectivity index (χ4n) is 1.36. The number of amides is 1. The first-order valence-corrected chi connectivity index (χ1v) is 5.91. The summed E-state index contributed by atoms with van der Waals surface area (Å²) < 4.78 is 0.887.